The fourth-order valence-electron chi connectivity index (χ4n) is 1.92. The highest BCUT2D eigenvalue weighted by molar-refractivity contribution is 6.31. The van der Waals surface area contributed by atoms with Crippen molar-refractivity contribution in [3.63, 3.8) is 0 Å². The van der Waals surface area contributed by atoms with Crippen LogP contribution in [0.15, 0.2) is 6.20 Å². The van der Waals surface area contributed by atoms with E-state index in [0.29, 0.717) is 11.1 Å². The minimum atomic E-state index is -0.216. The Hall–Kier alpha value is -0.580. The Kier molecular flexibility index (Phi) is 3.76. The zero-order valence-corrected chi connectivity index (χ0v) is 11.2. The Morgan fingerprint density at radius 2 is 2.35 bits per heavy atom. The molecule has 0 spiro atoms. The number of aromatic nitrogens is 2. The van der Waals surface area contributed by atoms with E-state index in [1.54, 1.807) is 6.20 Å². The van der Waals surface area contributed by atoms with Gasteiger partial charge in [-0.25, -0.2) is 0 Å². The van der Waals surface area contributed by atoms with Gasteiger partial charge in [-0.1, -0.05) is 11.6 Å². The first-order valence-corrected chi connectivity index (χ1v) is 6.48. The van der Waals surface area contributed by atoms with Crippen LogP contribution in [-0.4, -0.2) is 33.1 Å². The number of aliphatic hydroxyl groups excluding tert-OH is 1. The van der Waals surface area contributed by atoms with Crippen molar-refractivity contribution in [1.82, 2.24) is 15.1 Å². The SMILES string of the molecule is Cc1c(Cl)cnn1CCC(C)(CO)NC1CC1. The van der Waals surface area contributed by atoms with Crippen LogP contribution in [0.25, 0.3) is 0 Å². The summed E-state index contributed by atoms with van der Waals surface area (Å²) in [6.07, 6.45) is 4.96. The third-order valence-electron chi connectivity index (χ3n) is 3.40. The van der Waals surface area contributed by atoms with Gasteiger partial charge >= 0.3 is 0 Å². The number of aryl methyl sites for hydroxylation is 1. The second kappa shape index (κ2) is 4.96. The fraction of sp³-hybridized carbons (Fsp3) is 0.750. The summed E-state index contributed by atoms with van der Waals surface area (Å²) in [6, 6.07) is 0.592. The minimum absolute atomic E-state index is 0.150. The number of rotatable bonds is 6. The van der Waals surface area contributed by atoms with Crippen LogP contribution in [0.5, 0.6) is 0 Å². The monoisotopic (exact) mass is 257 g/mol. The van der Waals surface area contributed by atoms with Gasteiger partial charge in [-0.3, -0.25) is 4.68 Å². The highest BCUT2D eigenvalue weighted by atomic mass is 35.5. The van der Waals surface area contributed by atoms with Crippen LogP contribution in [0, 0.1) is 6.92 Å². The van der Waals surface area contributed by atoms with E-state index < -0.39 is 0 Å². The highest BCUT2D eigenvalue weighted by Crippen LogP contribution is 2.24. The fourth-order valence-corrected chi connectivity index (χ4v) is 2.06. The molecule has 1 aromatic rings. The molecule has 0 aromatic carbocycles. The lowest BCUT2D eigenvalue weighted by Gasteiger charge is -2.29. The van der Waals surface area contributed by atoms with Crippen molar-refractivity contribution in [3.05, 3.63) is 16.9 Å². The largest absolute Gasteiger partial charge is 0.394 e. The van der Waals surface area contributed by atoms with Crippen LogP contribution in [0.4, 0.5) is 0 Å². The molecule has 2 rings (SSSR count). The molecule has 1 saturated carbocycles. The van der Waals surface area contributed by atoms with E-state index in [1.165, 1.54) is 12.8 Å². The summed E-state index contributed by atoms with van der Waals surface area (Å²) in [5, 5.41) is 17.9. The normalized spacial score (nSPS) is 19.3. The maximum Gasteiger partial charge on any atom is 0.0814 e. The molecule has 0 radical (unpaired) electrons. The smallest absolute Gasteiger partial charge is 0.0814 e. The number of hydrogen-bond acceptors (Lipinski definition) is 3. The maximum atomic E-state index is 9.50. The lowest BCUT2D eigenvalue weighted by atomic mass is 9.99. The predicted octanol–water partition coefficient (Wildman–Crippen LogP) is 1.74. The molecule has 1 aromatic heterocycles. The summed E-state index contributed by atoms with van der Waals surface area (Å²) in [5.74, 6) is 0. The second-order valence-electron chi connectivity index (χ2n) is 5.19. The molecular formula is C12H20ClN3O. The molecule has 1 aliphatic rings. The van der Waals surface area contributed by atoms with Crippen molar-refractivity contribution >= 4 is 11.6 Å². The Morgan fingerprint density at radius 1 is 1.65 bits per heavy atom. The van der Waals surface area contributed by atoms with Gasteiger partial charge in [0.2, 0.25) is 0 Å². The van der Waals surface area contributed by atoms with E-state index in [-0.39, 0.29) is 12.1 Å². The summed E-state index contributed by atoms with van der Waals surface area (Å²) in [5.41, 5.74) is 0.768. The first-order valence-electron chi connectivity index (χ1n) is 6.10. The van der Waals surface area contributed by atoms with Crippen molar-refractivity contribution in [2.75, 3.05) is 6.61 Å². The van der Waals surface area contributed by atoms with Gasteiger partial charge < -0.3 is 10.4 Å². The summed E-state index contributed by atoms with van der Waals surface area (Å²) < 4.78 is 1.89. The molecule has 1 unspecified atom stereocenters. The summed E-state index contributed by atoms with van der Waals surface area (Å²) >= 11 is 5.96. The maximum absolute atomic E-state index is 9.50. The molecule has 17 heavy (non-hydrogen) atoms. The zero-order chi connectivity index (χ0) is 12.5. The van der Waals surface area contributed by atoms with Crippen molar-refractivity contribution in [2.24, 2.45) is 0 Å². The molecular weight excluding hydrogens is 238 g/mol. The van der Waals surface area contributed by atoms with Crippen molar-refractivity contribution in [1.29, 1.82) is 0 Å². The molecule has 1 aliphatic carbocycles. The van der Waals surface area contributed by atoms with E-state index >= 15 is 0 Å². The molecule has 0 saturated heterocycles. The minimum Gasteiger partial charge on any atom is -0.394 e. The molecule has 5 heteroatoms. The predicted molar refractivity (Wildman–Crippen MR) is 68.2 cm³/mol. The number of nitrogens with zero attached hydrogens (tertiary/aromatic N) is 2. The second-order valence-corrected chi connectivity index (χ2v) is 5.60. The van der Waals surface area contributed by atoms with E-state index in [2.05, 4.69) is 17.3 Å². The van der Waals surface area contributed by atoms with Crippen molar-refractivity contribution in [2.45, 2.75) is 51.2 Å². The lowest BCUT2D eigenvalue weighted by Crippen LogP contribution is -2.47. The molecule has 4 nitrogen and oxygen atoms in total. The van der Waals surface area contributed by atoms with Crippen LogP contribution in [-0.2, 0) is 6.54 Å². The standard InChI is InChI=1S/C12H20ClN3O/c1-9-11(13)7-14-16(9)6-5-12(2,8-17)15-10-3-4-10/h7,10,15,17H,3-6,8H2,1-2H3. The van der Waals surface area contributed by atoms with Gasteiger partial charge in [0, 0.05) is 18.1 Å². The Balaban J connectivity index is 1.92. The zero-order valence-electron chi connectivity index (χ0n) is 10.4. The number of hydrogen-bond donors (Lipinski definition) is 2. The molecule has 0 aliphatic heterocycles. The molecule has 1 heterocycles. The third kappa shape index (κ3) is 3.21. The average Bonchev–Trinajstić information content (AvgIpc) is 3.06. The van der Waals surface area contributed by atoms with Crippen molar-refractivity contribution < 1.29 is 5.11 Å². The first kappa shape index (κ1) is 12.9. The van der Waals surface area contributed by atoms with Gasteiger partial charge in [-0.15, -0.1) is 0 Å². The quantitative estimate of drug-likeness (QED) is 0.816. The Bertz CT molecular complexity index is 389. The summed E-state index contributed by atoms with van der Waals surface area (Å²) in [7, 11) is 0. The van der Waals surface area contributed by atoms with Crippen LogP contribution in [0.1, 0.15) is 31.9 Å². The van der Waals surface area contributed by atoms with E-state index in [4.69, 9.17) is 11.6 Å². The molecule has 96 valence electrons. The topological polar surface area (TPSA) is 50.1 Å². The van der Waals surface area contributed by atoms with Gasteiger partial charge in [-0.2, -0.15) is 5.10 Å². The van der Waals surface area contributed by atoms with Crippen LogP contribution in [0.2, 0.25) is 5.02 Å². The summed E-state index contributed by atoms with van der Waals surface area (Å²) in [4.78, 5) is 0. The Labute approximate surface area is 107 Å². The highest BCUT2D eigenvalue weighted by Gasteiger charge is 2.31. The van der Waals surface area contributed by atoms with Gasteiger partial charge in [-0.05, 0) is 33.1 Å². The van der Waals surface area contributed by atoms with Crippen molar-refractivity contribution in [3.8, 4) is 0 Å². The van der Waals surface area contributed by atoms with Crippen LogP contribution >= 0.6 is 11.6 Å². The lowest BCUT2D eigenvalue weighted by molar-refractivity contribution is 0.157. The summed E-state index contributed by atoms with van der Waals surface area (Å²) in [6.45, 7) is 4.94. The molecule has 2 N–H and O–H groups in total. The van der Waals surface area contributed by atoms with Gasteiger partial charge in [0.05, 0.1) is 23.5 Å². The van der Waals surface area contributed by atoms with Crippen LogP contribution < -0.4 is 5.32 Å². The third-order valence-corrected chi connectivity index (χ3v) is 3.77. The molecule has 0 amide bonds. The van der Waals surface area contributed by atoms with E-state index in [9.17, 15) is 5.11 Å². The van der Waals surface area contributed by atoms with E-state index in [1.807, 2.05) is 11.6 Å². The molecule has 1 atom stereocenters. The molecule has 1 fully saturated rings. The van der Waals surface area contributed by atoms with Gasteiger partial charge in [0.25, 0.3) is 0 Å². The van der Waals surface area contributed by atoms with Crippen LogP contribution in [0.3, 0.4) is 0 Å². The van der Waals surface area contributed by atoms with Gasteiger partial charge in [0.1, 0.15) is 0 Å². The first-order chi connectivity index (χ1) is 8.04. The number of nitrogens with one attached hydrogen (secondary N) is 1. The van der Waals surface area contributed by atoms with Gasteiger partial charge in [0.15, 0.2) is 0 Å². The Morgan fingerprint density at radius 3 is 2.82 bits per heavy atom. The number of halogens is 1. The number of aliphatic hydroxyl groups is 1. The molecule has 0 bridgehead atoms. The average molecular weight is 258 g/mol. The van der Waals surface area contributed by atoms with E-state index in [0.717, 1.165) is 18.7 Å².